The maximum absolute atomic E-state index is 12.5. The lowest BCUT2D eigenvalue weighted by Crippen LogP contribution is -2.35. The van der Waals surface area contributed by atoms with E-state index in [-0.39, 0.29) is 5.91 Å². The van der Waals surface area contributed by atoms with Crippen molar-refractivity contribution in [3.8, 4) is 6.07 Å². The Hall–Kier alpha value is -2.35. The lowest BCUT2D eigenvalue weighted by atomic mass is 10.1. The highest BCUT2D eigenvalue weighted by Gasteiger charge is 2.17. The van der Waals surface area contributed by atoms with Gasteiger partial charge in [0, 0.05) is 18.7 Å². The first-order chi connectivity index (χ1) is 9.61. The molecular weight excluding hydrogens is 252 g/mol. The van der Waals surface area contributed by atoms with E-state index < -0.39 is 0 Å². The Morgan fingerprint density at radius 3 is 3.00 bits per heavy atom. The lowest BCUT2D eigenvalue weighted by Gasteiger charge is -2.23. The number of amides is 1. The molecule has 2 aromatic rings. The average molecular weight is 270 g/mol. The zero-order valence-corrected chi connectivity index (χ0v) is 11.8. The van der Waals surface area contributed by atoms with Gasteiger partial charge in [-0.2, -0.15) is 5.26 Å². The summed E-state index contributed by atoms with van der Waals surface area (Å²) in [4.78, 5) is 21.4. The molecule has 0 bridgehead atoms. The number of fused-ring (bicyclic) bond motifs is 1. The van der Waals surface area contributed by atoms with E-state index in [4.69, 9.17) is 5.26 Å². The molecule has 0 fully saturated rings. The first-order valence-corrected chi connectivity index (χ1v) is 6.71. The standard InChI is InChI=1S/C15H18N4O/c1-11(2)9-19(7-3-6-16)15(20)12-4-5-13-14(8-12)18-10-17-13/h4-5,8,10-11H,3,7,9H2,1-2H3,(H,17,18). The number of rotatable bonds is 5. The molecule has 0 radical (unpaired) electrons. The molecule has 1 heterocycles. The van der Waals surface area contributed by atoms with Gasteiger partial charge in [-0.05, 0) is 24.1 Å². The molecule has 5 nitrogen and oxygen atoms in total. The monoisotopic (exact) mass is 270 g/mol. The number of aromatic amines is 1. The quantitative estimate of drug-likeness (QED) is 0.907. The summed E-state index contributed by atoms with van der Waals surface area (Å²) in [5.74, 6) is 0.332. The van der Waals surface area contributed by atoms with Crippen LogP contribution in [-0.4, -0.2) is 33.9 Å². The van der Waals surface area contributed by atoms with Crippen LogP contribution in [0.5, 0.6) is 0 Å². The summed E-state index contributed by atoms with van der Waals surface area (Å²) < 4.78 is 0. The normalized spacial score (nSPS) is 10.7. The fourth-order valence-electron chi connectivity index (χ4n) is 2.15. The van der Waals surface area contributed by atoms with E-state index >= 15 is 0 Å². The van der Waals surface area contributed by atoms with E-state index in [1.807, 2.05) is 12.1 Å². The van der Waals surface area contributed by atoms with Gasteiger partial charge >= 0.3 is 0 Å². The number of benzene rings is 1. The minimum atomic E-state index is -0.0366. The molecule has 104 valence electrons. The predicted molar refractivity (Wildman–Crippen MR) is 77.1 cm³/mol. The third kappa shape index (κ3) is 3.15. The van der Waals surface area contributed by atoms with Crippen molar-refractivity contribution in [1.29, 1.82) is 5.26 Å². The second kappa shape index (κ2) is 6.20. The van der Waals surface area contributed by atoms with Crippen molar-refractivity contribution < 1.29 is 4.79 Å². The third-order valence-electron chi connectivity index (χ3n) is 3.03. The highest BCUT2D eigenvalue weighted by Crippen LogP contribution is 2.14. The molecule has 0 aliphatic rings. The van der Waals surface area contributed by atoms with E-state index in [9.17, 15) is 4.79 Å². The highest BCUT2D eigenvalue weighted by atomic mass is 16.2. The summed E-state index contributed by atoms with van der Waals surface area (Å²) in [5, 5.41) is 8.71. The lowest BCUT2D eigenvalue weighted by molar-refractivity contribution is 0.0740. The average Bonchev–Trinajstić information content (AvgIpc) is 2.89. The molecule has 0 saturated carbocycles. The van der Waals surface area contributed by atoms with Gasteiger partial charge in [-0.1, -0.05) is 13.8 Å². The van der Waals surface area contributed by atoms with Crippen LogP contribution >= 0.6 is 0 Å². The number of nitrogens with one attached hydrogen (secondary N) is 1. The smallest absolute Gasteiger partial charge is 0.253 e. The van der Waals surface area contributed by atoms with Gasteiger partial charge in [-0.3, -0.25) is 4.79 Å². The predicted octanol–water partition coefficient (Wildman–Crippen LogP) is 2.57. The molecule has 1 aromatic heterocycles. The van der Waals surface area contributed by atoms with Crippen LogP contribution in [-0.2, 0) is 0 Å². The third-order valence-corrected chi connectivity index (χ3v) is 3.03. The van der Waals surface area contributed by atoms with Crippen molar-refractivity contribution >= 4 is 16.9 Å². The minimum absolute atomic E-state index is 0.0366. The van der Waals surface area contributed by atoms with Gasteiger partial charge in [-0.15, -0.1) is 0 Å². The summed E-state index contributed by atoms with van der Waals surface area (Å²) in [6, 6.07) is 7.52. The molecule has 0 unspecified atom stereocenters. The van der Waals surface area contributed by atoms with Crippen LogP contribution in [0.15, 0.2) is 24.5 Å². The molecule has 0 spiro atoms. The van der Waals surface area contributed by atoms with Gasteiger partial charge in [-0.25, -0.2) is 4.98 Å². The Morgan fingerprint density at radius 2 is 2.30 bits per heavy atom. The molecule has 1 aromatic carbocycles. The molecule has 0 aliphatic heterocycles. The second-order valence-electron chi connectivity index (χ2n) is 5.19. The van der Waals surface area contributed by atoms with Gasteiger partial charge in [0.2, 0.25) is 0 Å². The SMILES string of the molecule is CC(C)CN(CCC#N)C(=O)c1ccc2nc[nH]c2c1. The molecule has 0 aliphatic carbocycles. The van der Waals surface area contributed by atoms with E-state index in [0.717, 1.165) is 11.0 Å². The van der Waals surface area contributed by atoms with Crippen LogP contribution in [0, 0.1) is 17.2 Å². The summed E-state index contributed by atoms with van der Waals surface area (Å²) in [6.07, 6.45) is 1.96. The van der Waals surface area contributed by atoms with Gasteiger partial charge in [0.05, 0.1) is 29.9 Å². The number of carbonyl (C=O) groups excluding carboxylic acids is 1. The number of hydrogen-bond acceptors (Lipinski definition) is 3. The zero-order valence-electron chi connectivity index (χ0n) is 11.8. The Balaban J connectivity index is 2.22. The van der Waals surface area contributed by atoms with Gasteiger partial charge in [0.25, 0.3) is 5.91 Å². The summed E-state index contributed by atoms with van der Waals surface area (Å²) in [6.45, 7) is 5.24. The number of nitriles is 1. The van der Waals surface area contributed by atoms with Gasteiger partial charge in [0.1, 0.15) is 0 Å². The largest absolute Gasteiger partial charge is 0.345 e. The summed E-state index contributed by atoms with van der Waals surface area (Å²) in [5.41, 5.74) is 2.31. The Labute approximate surface area is 118 Å². The Kier molecular flexibility index (Phi) is 4.36. The summed E-state index contributed by atoms with van der Waals surface area (Å²) >= 11 is 0. The molecule has 5 heteroatoms. The topological polar surface area (TPSA) is 72.8 Å². The molecule has 0 atom stereocenters. The molecular formula is C15H18N4O. The number of H-pyrrole nitrogens is 1. The van der Waals surface area contributed by atoms with Crippen LogP contribution in [0.2, 0.25) is 0 Å². The maximum Gasteiger partial charge on any atom is 0.253 e. The molecule has 0 saturated heterocycles. The second-order valence-corrected chi connectivity index (χ2v) is 5.19. The molecule has 2 rings (SSSR count). The van der Waals surface area contributed by atoms with E-state index in [0.29, 0.717) is 31.0 Å². The highest BCUT2D eigenvalue weighted by molar-refractivity contribution is 5.97. The fourth-order valence-corrected chi connectivity index (χ4v) is 2.15. The molecule has 1 amide bonds. The Bertz CT molecular complexity index is 639. The maximum atomic E-state index is 12.5. The summed E-state index contributed by atoms with van der Waals surface area (Å²) in [7, 11) is 0. The first kappa shape index (κ1) is 14.1. The van der Waals surface area contributed by atoms with Crippen LogP contribution in [0.1, 0.15) is 30.6 Å². The molecule has 1 N–H and O–H groups in total. The molecule has 20 heavy (non-hydrogen) atoms. The number of aromatic nitrogens is 2. The van der Waals surface area contributed by atoms with E-state index in [2.05, 4.69) is 29.9 Å². The van der Waals surface area contributed by atoms with Gasteiger partial charge < -0.3 is 9.88 Å². The van der Waals surface area contributed by atoms with Gasteiger partial charge in [0.15, 0.2) is 0 Å². The van der Waals surface area contributed by atoms with Crippen molar-refractivity contribution in [3.05, 3.63) is 30.1 Å². The van der Waals surface area contributed by atoms with Crippen LogP contribution in [0.3, 0.4) is 0 Å². The van der Waals surface area contributed by atoms with E-state index in [1.54, 1.807) is 17.3 Å². The van der Waals surface area contributed by atoms with Crippen LogP contribution < -0.4 is 0 Å². The van der Waals surface area contributed by atoms with Crippen molar-refractivity contribution in [2.75, 3.05) is 13.1 Å². The van der Waals surface area contributed by atoms with Crippen molar-refractivity contribution in [2.45, 2.75) is 20.3 Å². The van der Waals surface area contributed by atoms with Crippen molar-refractivity contribution in [1.82, 2.24) is 14.9 Å². The van der Waals surface area contributed by atoms with Crippen molar-refractivity contribution in [2.24, 2.45) is 5.92 Å². The number of nitrogens with zero attached hydrogens (tertiary/aromatic N) is 3. The van der Waals surface area contributed by atoms with Crippen molar-refractivity contribution in [3.63, 3.8) is 0 Å². The van der Waals surface area contributed by atoms with Crippen LogP contribution in [0.25, 0.3) is 11.0 Å². The number of carbonyl (C=O) groups is 1. The van der Waals surface area contributed by atoms with E-state index in [1.165, 1.54) is 0 Å². The Morgan fingerprint density at radius 1 is 1.50 bits per heavy atom. The minimum Gasteiger partial charge on any atom is -0.345 e. The zero-order chi connectivity index (χ0) is 14.5. The number of imidazole rings is 1. The fraction of sp³-hybridized carbons (Fsp3) is 0.400. The first-order valence-electron chi connectivity index (χ1n) is 6.71. The van der Waals surface area contributed by atoms with Crippen LogP contribution in [0.4, 0.5) is 0 Å². The number of hydrogen-bond donors (Lipinski definition) is 1.